The van der Waals surface area contributed by atoms with E-state index in [0.29, 0.717) is 0 Å². The highest BCUT2D eigenvalue weighted by Crippen LogP contribution is 2.40. The molecule has 0 aliphatic rings. The summed E-state index contributed by atoms with van der Waals surface area (Å²) >= 11 is 0. The first-order valence-electron chi connectivity index (χ1n) is 22.7. The van der Waals surface area contributed by atoms with Crippen LogP contribution in [0.4, 0.5) is 0 Å². The van der Waals surface area contributed by atoms with Crippen molar-refractivity contribution >= 4 is 66.9 Å². The van der Waals surface area contributed by atoms with E-state index in [9.17, 15) is 0 Å². The summed E-state index contributed by atoms with van der Waals surface area (Å²) in [5, 5.41) is 4.96. The van der Waals surface area contributed by atoms with Crippen molar-refractivity contribution < 1.29 is 0 Å². The van der Waals surface area contributed by atoms with E-state index in [1.54, 1.807) is 0 Å². The van der Waals surface area contributed by atoms with Crippen molar-refractivity contribution in [3.8, 4) is 22.5 Å². The van der Waals surface area contributed by atoms with Crippen LogP contribution in [-0.4, -0.2) is 9.13 Å². The first-order valence-corrected chi connectivity index (χ1v) is 22.7. The van der Waals surface area contributed by atoms with Crippen LogP contribution in [0.15, 0.2) is 255 Å². The van der Waals surface area contributed by atoms with Gasteiger partial charge in [-0.2, -0.15) is 0 Å². The van der Waals surface area contributed by atoms with Gasteiger partial charge in [0, 0.05) is 32.9 Å². The molecule has 0 spiro atoms. The van der Waals surface area contributed by atoms with E-state index in [2.05, 4.69) is 276 Å². The molecule has 10 aromatic carbocycles. The minimum absolute atomic E-state index is 1.13. The monoisotopic (exact) mass is 840 g/mol. The molecule has 0 fully saturated rings. The lowest BCUT2D eigenvalue weighted by Crippen LogP contribution is -1.96. The summed E-state index contributed by atoms with van der Waals surface area (Å²) in [6.45, 7) is 0. The molecule has 0 radical (unpaired) electrons. The van der Waals surface area contributed by atoms with Gasteiger partial charge in [0.05, 0.1) is 22.1 Å². The van der Waals surface area contributed by atoms with Crippen LogP contribution in [0.1, 0.15) is 33.4 Å². The Morgan fingerprint density at radius 1 is 0.258 bits per heavy atom. The average molecular weight is 841 g/mol. The van der Waals surface area contributed by atoms with E-state index in [1.165, 1.54) is 43.6 Å². The Morgan fingerprint density at radius 2 is 0.667 bits per heavy atom. The predicted molar refractivity (Wildman–Crippen MR) is 280 cm³/mol. The molecule has 0 unspecified atom stereocenters. The molecule has 0 aliphatic carbocycles. The van der Waals surface area contributed by atoms with Gasteiger partial charge < -0.3 is 9.13 Å². The summed E-state index contributed by atoms with van der Waals surface area (Å²) in [6, 6.07) is 92.4. The Kier molecular flexibility index (Phi) is 9.89. The molecule has 12 aromatic rings. The van der Waals surface area contributed by atoms with Crippen molar-refractivity contribution in [1.29, 1.82) is 0 Å². The number of nitrogens with zero attached hydrogens (tertiary/aromatic N) is 2. The Balaban J connectivity index is 1.12. The minimum atomic E-state index is 1.13. The van der Waals surface area contributed by atoms with Crippen LogP contribution < -0.4 is 0 Å². The van der Waals surface area contributed by atoms with Crippen LogP contribution >= 0.6 is 0 Å². The fourth-order valence-corrected chi connectivity index (χ4v) is 9.83. The number of hydrogen-bond donors (Lipinski definition) is 0. The lowest BCUT2D eigenvalue weighted by Gasteiger charge is -2.17. The maximum absolute atomic E-state index is 2.41. The minimum Gasteiger partial charge on any atom is -0.309 e. The second-order valence-electron chi connectivity index (χ2n) is 16.9. The van der Waals surface area contributed by atoms with E-state index >= 15 is 0 Å². The predicted octanol–water partition coefficient (Wildman–Crippen LogP) is 16.7. The quantitative estimate of drug-likeness (QED) is 0.128. The number of hydrogen-bond acceptors (Lipinski definition) is 0. The van der Waals surface area contributed by atoms with E-state index in [4.69, 9.17) is 0 Å². The average Bonchev–Trinajstić information content (AvgIpc) is 3.90. The third-order valence-corrected chi connectivity index (χ3v) is 12.9. The van der Waals surface area contributed by atoms with E-state index in [0.717, 1.165) is 67.0 Å². The molecule has 0 aliphatic heterocycles. The third kappa shape index (κ3) is 7.12. The summed E-state index contributed by atoms with van der Waals surface area (Å²) in [6.07, 6.45) is 4.71. The highest BCUT2D eigenvalue weighted by molar-refractivity contribution is 6.11. The molecule has 0 saturated heterocycles. The zero-order chi connectivity index (χ0) is 43.8. The molecule has 310 valence electrons. The molecule has 12 rings (SSSR count). The number of aromatic nitrogens is 2. The molecule has 2 heteroatoms. The number of fused-ring (bicyclic) bond motifs is 6. The maximum atomic E-state index is 2.41. The Bertz CT molecular complexity index is 3760. The topological polar surface area (TPSA) is 9.86 Å². The Hall–Kier alpha value is -8.72. The number of benzene rings is 10. The molecular weight excluding hydrogens is 797 g/mol. The lowest BCUT2D eigenvalue weighted by atomic mass is 9.87. The first-order chi connectivity index (χ1) is 32.7. The largest absolute Gasteiger partial charge is 0.309 e. The Labute approximate surface area is 384 Å². The van der Waals surface area contributed by atoms with Crippen LogP contribution in [0.25, 0.3) is 89.4 Å². The zero-order valence-electron chi connectivity index (χ0n) is 36.3. The van der Waals surface area contributed by atoms with E-state index in [1.807, 2.05) is 0 Å². The van der Waals surface area contributed by atoms with Crippen LogP contribution in [0.3, 0.4) is 0 Å². The highest BCUT2D eigenvalue weighted by Gasteiger charge is 2.18. The van der Waals surface area contributed by atoms with Crippen LogP contribution in [0, 0.1) is 0 Å². The number of para-hydroxylation sites is 4. The Morgan fingerprint density at radius 3 is 1.20 bits per heavy atom. The zero-order valence-corrected chi connectivity index (χ0v) is 36.3. The fraction of sp³-hybridized carbons (Fsp3) is 0. The normalized spacial score (nSPS) is 12.1. The molecule has 0 atom stereocenters. The van der Waals surface area contributed by atoms with Gasteiger partial charge in [0.25, 0.3) is 0 Å². The summed E-state index contributed by atoms with van der Waals surface area (Å²) < 4.78 is 4.80. The van der Waals surface area contributed by atoms with Crippen molar-refractivity contribution in [2.75, 3.05) is 0 Å². The lowest BCUT2D eigenvalue weighted by molar-refractivity contribution is 1.18. The summed E-state index contributed by atoms with van der Waals surface area (Å²) in [5.41, 5.74) is 18.5. The van der Waals surface area contributed by atoms with Crippen molar-refractivity contribution in [3.63, 3.8) is 0 Å². The van der Waals surface area contributed by atoms with Gasteiger partial charge in [-0.3, -0.25) is 0 Å². The van der Waals surface area contributed by atoms with Crippen LogP contribution in [-0.2, 0) is 0 Å². The summed E-state index contributed by atoms with van der Waals surface area (Å²) in [4.78, 5) is 0. The van der Waals surface area contributed by atoms with Gasteiger partial charge in [-0.25, -0.2) is 0 Å². The van der Waals surface area contributed by atoms with Gasteiger partial charge in [0.1, 0.15) is 0 Å². The SMILES string of the molecule is C(=C(\c1ccccc1)c1cc(/C(=C/c2ccccc2)c2ccccc2)cc(-c2ccc3c4ccccc4n(-c4ccccc4)c3c2)c1)/c1ccc2c3ccccc3n(-c3ccccc3)c2c1. The molecular formula is C64H44N2. The van der Waals surface area contributed by atoms with Gasteiger partial charge in [-0.05, 0) is 135 Å². The molecule has 0 N–H and O–H groups in total. The van der Waals surface area contributed by atoms with E-state index in [-0.39, 0.29) is 0 Å². The summed E-state index contributed by atoms with van der Waals surface area (Å²) in [7, 11) is 0. The van der Waals surface area contributed by atoms with E-state index < -0.39 is 0 Å². The van der Waals surface area contributed by atoms with Crippen molar-refractivity contribution in [1.82, 2.24) is 9.13 Å². The molecule has 2 nitrogen and oxygen atoms in total. The molecule has 0 bridgehead atoms. The second kappa shape index (κ2) is 16.8. The van der Waals surface area contributed by atoms with Gasteiger partial charge in [-0.15, -0.1) is 0 Å². The number of rotatable bonds is 9. The first kappa shape index (κ1) is 38.9. The van der Waals surface area contributed by atoms with Gasteiger partial charge in [0.15, 0.2) is 0 Å². The van der Waals surface area contributed by atoms with Crippen molar-refractivity contribution in [3.05, 3.63) is 288 Å². The highest BCUT2D eigenvalue weighted by atomic mass is 15.0. The second-order valence-corrected chi connectivity index (χ2v) is 16.9. The maximum Gasteiger partial charge on any atom is 0.0547 e. The van der Waals surface area contributed by atoms with Crippen LogP contribution in [0.5, 0.6) is 0 Å². The van der Waals surface area contributed by atoms with Crippen LogP contribution in [0.2, 0.25) is 0 Å². The summed E-state index contributed by atoms with van der Waals surface area (Å²) in [5.74, 6) is 0. The molecule has 0 saturated carbocycles. The molecule has 0 amide bonds. The molecule has 66 heavy (non-hydrogen) atoms. The molecule has 2 aromatic heterocycles. The smallest absolute Gasteiger partial charge is 0.0547 e. The standard InChI is InChI=1S/C64H44N2/c1-6-20-45(21-7-1)38-59(47-22-8-2-9-23-47)51-41-50(49-35-37-58-56-31-17-19-33-62(56)66(64(58)44-49)54-28-14-5-15-29-54)42-52(43-51)60(48-24-10-3-11-25-48)39-46-34-36-57-55-30-16-18-32-61(55)65(63(57)40-46)53-26-12-4-13-27-53/h1-44H/b59-38+,60-39-. The van der Waals surface area contributed by atoms with Crippen molar-refractivity contribution in [2.45, 2.75) is 0 Å². The van der Waals surface area contributed by atoms with Gasteiger partial charge in [-0.1, -0.05) is 188 Å². The third-order valence-electron chi connectivity index (χ3n) is 12.9. The van der Waals surface area contributed by atoms with Gasteiger partial charge >= 0.3 is 0 Å². The van der Waals surface area contributed by atoms with Gasteiger partial charge in [0.2, 0.25) is 0 Å². The fourth-order valence-electron chi connectivity index (χ4n) is 9.83. The molecule has 2 heterocycles. The van der Waals surface area contributed by atoms with Crippen molar-refractivity contribution in [2.24, 2.45) is 0 Å².